The summed E-state index contributed by atoms with van der Waals surface area (Å²) in [7, 11) is 1.90. The van der Waals surface area contributed by atoms with Crippen LogP contribution < -0.4 is 5.32 Å². The molecule has 0 spiro atoms. The Hall–Kier alpha value is -1.76. The predicted molar refractivity (Wildman–Crippen MR) is 62.6 cm³/mol. The van der Waals surface area contributed by atoms with Crippen LogP contribution in [0.25, 0.3) is 0 Å². The van der Waals surface area contributed by atoms with Crippen LogP contribution in [0.5, 0.6) is 0 Å². The van der Waals surface area contributed by atoms with Gasteiger partial charge in [-0.25, -0.2) is 0 Å². The lowest BCUT2D eigenvalue weighted by Crippen LogP contribution is -2.15. The summed E-state index contributed by atoms with van der Waals surface area (Å²) in [5.41, 5.74) is 1.11. The molecule has 0 unspecified atom stereocenters. The Labute approximate surface area is 102 Å². The van der Waals surface area contributed by atoms with Gasteiger partial charge in [-0.05, 0) is 12.5 Å². The average molecular weight is 249 g/mol. The van der Waals surface area contributed by atoms with E-state index in [0.717, 1.165) is 23.8 Å². The summed E-state index contributed by atoms with van der Waals surface area (Å²) in [6.45, 7) is 0. The van der Waals surface area contributed by atoms with Gasteiger partial charge in [0.15, 0.2) is 5.82 Å². The third-order valence-electron chi connectivity index (χ3n) is 2.98. The van der Waals surface area contributed by atoms with Crippen LogP contribution >= 0.6 is 11.7 Å². The number of nitrogens with zero attached hydrogens (tertiary/aromatic N) is 4. The van der Waals surface area contributed by atoms with E-state index in [9.17, 15) is 4.79 Å². The summed E-state index contributed by atoms with van der Waals surface area (Å²) in [6.07, 6.45) is 4.19. The fourth-order valence-electron chi connectivity index (χ4n) is 2.00. The number of amides is 1. The number of aryl methyl sites for hydroxylation is 1. The first-order chi connectivity index (χ1) is 8.25. The maximum Gasteiger partial charge on any atom is 0.229 e. The first-order valence-corrected chi connectivity index (χ1v) is 6.05. The summed E-state index contributed by atoms with van der Waals surface area (Å²) in [6, 6.07) is 1.96. The molecule has 2 heterocycles. The Morgan fingerprint density at radius 2 is 2.53 bits per heavy atom. The molecule has 1 aliphatic rings. The number of anilines is 1. The van der Waals surface area contributed by atoms with Gasteiger partial charge in [-0.2, -0.15) is 13.8 Å². The van der Waals surface area contributed by atoms with E-state index in [1.165, 1.54) is 0 Å². The summed E-state index contributed by atoms with van der Waals surface area (Å²) >= 11 is 1.09. The first-order valence-electron chi connectivity index (χ1n) is 5.32. The molecule has 88 valence electrons. The lowest BCUT2D eigenvalue weighted by atomic mass is 10.2. The minimum absolute atomic E-state index is 0.0175. The van der Waals surface area contributed by atoms with Crippen LogP contribution in [-0.4, -0.2) is 24.4 Å². The zero-order chi connectivity index (χ0) is 11.8. The molecule has 17 heavy (non-hydrogen) atoms. The van der Waals surface area contributed by atoms with Crippen molar-refractivity contribution in [2.45, 2.75) is 12.3 Å². The zero-order valence-electron chi connectivity index (χ0n) is 9.20. The smallest absolute Gasteiger partial charge is 0.229 e. The zero-order valence-corrected chi connectivity index (χ0v) is 10.0. The topological polar surface area (TPSA) is 72.7 Å². The summed E-state index contributed by atoms with van der Waals surface area (Å²) in [5.74, 6) is 0.876. The number of hydrogen-bond donors (Lipinski definition) is 1. The van der Waals surface area contributed by atoms with Crippen molar-refractivity contribution in [3.8, 4) is 0 Å². The summed E-state index contributed by atoms with van der Waals surface area (Å²) in [4.78, 5) is 11.9. The van der Waals surface area contributed by atoms with Gasteiger partial charge in [0.1, 0.15) is 0 Å². The molecular formula is C10H11N5OS. The minimum atomic E-state index is 0.0175. The van der Waals surface area contributed by atoms with Crippen LogP contribution in [0.3, 0.4) is 0 Å². The number of hydrogen-bond acceptors (Lipinski definition) is 5. The van der Waals surface area contributed by atoms with Gasteiger partial charge in [-0.3, -0.25) is 9.48 Å². The lowest BCUT2D eigenvalue weighted by Gasteiger charge is -2.01. The van der Waals surface area contributed by atoms with E-state index >= 15 is 0 Å². The maximum absolute atomic E-state index is 11.9. The molecule has 7 heteroatoms. The number of rotatable bonds is 3. The van der Waals surface area contributed by atoms with Gasteiger partial charge >= 0.3 is 0 Å². The molecule has 6 nitrogen and oxygen atoms in total. The van der Waals surface area contributed by atoms with Crippen LogP contribution in [0.2, 0.25) is 0 Å². The van der Waals surface area contributed by atoms with Crippen molar-refractivity contribution in [1.29, 1.82) is 0 Å². The molecule has 2 aromatic rings. The second-order valence-electron chi connectivity index (χ2n) is 4.11. The molecule has 0 aliphatic heterocycles. The van der Waals surface area contributed by atoms with E-state index in [2.05, 4.69) is 19.2 Å². The van der Waals surface area contributed by atoms with E-state index in [-0.39, 0.29) is 17.7 Å². The van der Waals surface area contributed by atoms with Crippen molar-refractivity contribution in [3.63, 3.8) is 0 Å². The Kier molecular flexibility index (Phi) is 2.40. The van der Waals surface area contributed by atoms with E-state index in [0.29, 0.717) is 5.82 Å². The largest absolute Gasteiger partial charge is 0.308 e. The fraction of sp³-hybridized carbons (Fsp3) is 0.400. The van der Waals surface area contributed by atoms with E-state index in [1.54, 1.807) is 12.4 Å². The van der Waals surface area contributed by atoms with Crippen molar-refractivity contribution in [2.75, 3.05) is 5.32 Å². The van der Waals surface area contributed by atoms with Crippen molar-refractivity contribution in [3.05, 3.63) is 24.2 Å². The molecule has 1 N–H and O–H groups in total. The number of carbonyl (C=O) groups is 1. The van der Waals surface area contributed by atoms with Gasteiger partial charge in [0.25, 0.3) is 0 Å². The van der Waals surface area contributed by atoms with E-state index in [1.807, 2.05) is 17.8 Å². The SMILES string of the molecule is Cn1nccc1[C@@H]1C[C@H]1C(=O)Nc1cnsn1. The number of carbonyl (C=O) groups excluding carboxylic acids is 1. The number of nitrogens with one attached hydrogen (secondary N) is 1. The second-order valence-corrected chi connectivity index (χ2v) is 4.67. The van der Waals surface area contributed by atoms with Crippen LogP contribution in [0.4, 0.5) is 5.82 Å². The van der Waals surface area contributed by atoms with Gasteiger partial charge in [0.05, 0.1) is 17.9 Å². The quantitative estimate of drug-likeness (QED) is 0.881. The molecule has 2 aromatic heterocycles. The standard InChI is InChI=1S/C10H11N5OS/c1-15-8(2-3-11-15)6-4-7(6)10(16)13-9-5-12-17-14-9/h2-3,5-7H,4H2,1H3,(H,13,14,16)/t6-,7-/m1/s1. The maximum atomic E-state index is 11.9. The van der Waals surface area contributed by atoms with Crippen LogP contribution in [0.15, 0.2) is 18.5 Å². The first kappa shape index (κ1) is 10.4. The van der Waals surface area contributed by atoms with Crippen LogP contribution in [0.1, 0.15) is 18.0 Å². The summed E-state index contributed by atoms with van der Waals surface area (Å²) < 4.78 is 9.61. The third kappa shape index (κ3) is 1.93. The fourth-order valence-corrected chi connectivity index (χ4v) is 2.37. The van der Waals surface area contributed by atoms with Crippen molar-refractivity contribution >= 4 is 23.5 Å². The van der Waals surface area contributed by atoms with Crippen LogP contribution in [0, 0.1) is 5.92 Å². The molecule has 0 bridgehead atoms. The third-order valence-corrected chi connectivity index (χ3v) is 3.46. The molecule has 0 radical (unpaired) electrons. The van der Waals surface area contributed by atoms with Crippen molar-refractivity contribution in [2.24, 2.45) is 13.0 Å². The molecule has 0 aromatic carbocycles. The van der Waals surface area contributed by atoms with E-state index in [4.69, 9.17) is 0 Å². The normalized spacial score (nSPS) is 22.4. The predicted octanol–water partition coefficient (Wildman–Crippen LogP) is 1.01. The summed E-state index contributed by atoms with van der Waals surface area (Å²) in [5, 5.41) is 6.88. The molecule has 2 atom stereocenters. The molecule has 0 saturated heterocycles. The van der Waals surface area contributed by atoms with Crippen molar-refractivity contribution in [1.82, 2.24) is 18.5 Å². The molecule has 3 rings (SSSR count). The highest BCUT2D eigenvalue weighted by molar-refractivity contribution is 6.99. The molecule has 1 saturated carbocycles. The molecule has 1 aliphatic carbocycles. The Balaban J connectivity index is 1.65. The van der Waals surface area contributed by atoms with E-state index < -0.39 is 0 Å². The van der Waals surface area contributed by atoms with Crippen LogP contribution in [-0.2, 0) is 11.8 Å². The van der Waals surface area contributed by atoms with Gasteiger partial charge in [0.2, 0.25) is 5.91 Å². The van der Waals surface area contributed by atoms with Gasteiger partial charge < -0.3 is 5.32 Å². The van der Waals surface area contributed by atoms with Crippen molar-refractivity contribution < 1.29 is 4.79 Å². The molecule has 1 amide bonds. The van der Waals surface area contributed by atoms with Gasteiger partial charge in [-0.1, -0.05) is 0 Å². The Bertz CT molecular complexity index is 535. The number of aromatic nitrogens is 4. The van der Waals surface area contributed by atoms with Gasteiger partial charge in [-0.15, -0.1) is 0 Å². The second kappa shape index (κ2) is 3.92. The monoisotopic (exact) mass is 249 g/mol. The Morgan fingerprint density at radius 1 is 1.65 bits per heavy atom. The van der Waals surface area contributed by atoms with Gasteiger partial charge in [0, 0.05) is 30.8 Å². The Morgan fingerprint density at radius 3 is 3.18 bits per heavy atom. The highest BCUT2D eigenvalue weighted by Crippen LogP contribution is 2.47. The molecular weight excluding hydrogens is 238 g/mol. The highest BCUT2D eigenvalue weighted by Gasteiger charge is 2.45. The minimum Gasteiger partial charge on any atom is -0.308 e. The lowest BCUT2D eigenvalue weighted by molar-refractivity contribution is -0.117. The molecule has 1 fully saturated rings. The highest BCUT2D eigenvalue weighted by atomic mass is 32.1. The average Bonchev–Trinajstić information content (AvgIpc) is 2.71.